The third-order valence-electron chi connectivity index (χ3n) is 3.33. The lowest BCUT2D eigenvalue weighted by Gasteiger charge is -2.17. The summed E-state index contributed by atoms with van der Waals surface area (Å²) in [6.07, 6.45) is 4.93. The Hall–Kier alpha value is -1.13. The number of nitro groups is 1. The van der Waals surface area contributed by atoms with Crippen LogP contribution in [0.1, 0.15) is 45.1 Å². The summed E-state index contributed by atoms with van der Waals surface area (Å²) < 4.78 is 0. The van der Waals surface area contributed by atoms with Gasteiger partial charge in [0.1, 0.15) is 0 Å². The van der Waals surface area contributed by atoms with Gasteiger partial charge in [-0.3, -0.25) is 10.1 Å². The molecule has 1 rings (SSSR count). The van der Waals surface area contributed by atoms with Gasteiger partial charge < -0.3 is 5.32 Å². The number of halogens is 1. The van der Waals surface area contributed by atoms with Crippen LogP contribution in [0, 0.1) is 10.1 Å². The molecule has 0 bridgehead atoms. The molecular formula is C15H23ClN2O2. The van der Waals surface area contributed by atoms with Gasteiger partial charge in [-0.25, -0.2) is 0 Å². The lowest BCUT2D eigenvalue weighted by Crippen LogP contribution is -2.30. The van der Waals surface area contributed by atoms with Crippen LogP contribution in [0.25, 0.3) is 0 Å². The number of hydrogen-bond donors (Lipinski definition) is 1. The number of aryl methyl sites for hydroxylation is 1. The van der Waals surface area contributed by atoms with Crippen molar-refractivity contribution in [2.24, 2.45) is 0 Å². The van der Waals surface area contributed by atoms with E-state index in [1.807, 2.05) is 0 Å². The van der Waals surface area contributed by atoms with Gasteiger partial charge in [0.2, 0.25) is 0 Å². The molecule has 0 saturated heterocycles. The SMILES string of the molecule is CCCNC(CCC)CCc1ccc(Cl)cc1[N+](=O)[O-]. The van der Waals surface area contributed by atoms with Crippen LogP contribution in [0.4, 0.5) is 5.69 Å². The Morgan fingerprint density at radius 1 is 1.30 bits per heavy atom. The van der Waals surface area contributed by atoms with Gasteiger partial charge >= 0.3 is 0 Å². The number of nitrogens with one attached hydrogen (secondary N) is 1. The smallest absolute Gasteiger partial charge is 0.274 e. The second kappa shape index (κ2) is 8.93. The Morgan fingerprint density at radius 3 is 2.65 bits per heavy atom. The molecule has 0 fully saturated rings. The average molecular weight is 299 g/mol. The molecule has 0 spiro atoms. The van der Waals surface area contributed by atoms with Crippen molar-refractivity contribution in [1.82, 2.24) is 5.32 Å². The van der Waals surface area contributed by atoms with E-state index in [2.05, 4.69) is 19.2 Å². The molecule has 0 aromatic heterocycles. The zero-order valence-electron chi connectivity index (χ0n) is 12.2. The molecule has 0 radical (unpaired) electrons. The molecule has 0 saturated carbocycles. The Labute approximate surface area is 125 Å². The van der Waals surface area contributed by atoms with Crippen molar-refractivity contribution in [3.05, 3.63) is 38.9 Å². The summed E-state index contributed by atoms with van der Waals surface area (Å²) in [5.74, 6) is 0. The molecule has 20 heavy (non-hydrogen) atoms. The zero-order valence-corrected chi connectivity index (χ0v) is 12.9. The average Bonchev–Trinajstić information content (AvgIpc) is 2.42. The molecule has 0 aliphatic rings. The van der Waals surface area contributed by atoms with Crippen molar-refractivity contribution >= 4 is 17.3 Å². The van der Waals surface area contributed by atoms with Crippen LogP contribution in [0.15, 0.2) is 18.2 Å². The number of rotatable bonds is 9. The van der Waals surface area contributed by atoms with E-state index in [9.17, 15) is 10.1 Å². The number of nitrogens with zero attached hydrogens (tertiary/aromatic N) is 1. The highest BCUT2D eigenvalue weighted by Crippen LogP contribution is 2.25. The predicted octanol–water partition coefficient (Wildman–Crippen LogP) is 4.35. The highest BCUT2D eigenvalue weighted by Gasteiger charge is 2.15. The van der Waals surface area contributed by atoms with Crippen LogP contribution in [0.2, 0.25) is 5.02 Å². The Balaban J connectivity index is 2.69. The van der Waals surface area contributed by atoms with E-state index in [0.29, 0.717) is 17.5 Å². The van der Waals surface area contributed by atoms with Crippen molar-refractivity contribution in [3.63, 3.8) is 0 Å². The van der Waals surface area contributed by atoms with Gasteiger partial charge in [-0.05, 0) is 38.3 Å². The van der Waals surface area contributed by atoms with Crippen molar-refractivity contribution in [1.29, 1.82) is 0 Å². The summed E-state index contributed by atoms with van der Waals surface area (Å²) in [5.41, 5.74) is 0.891. The minimum Gasteiger partial charge on any atom is -0.314 e. The van der Waals surface area contributed by atoms with Gasteiger partial charge in [0.15, 0.2) is 0 Å². The van der Waals surface area contributed by atoms with Crippen molar-refractivity contribution in [2.75, 3.05) is 6.54 Å². The highest BCUT2D eigenvalue weighted by atomic mass is 35.5. The standard InChI is InChI=1S/C15H23ClN2O2/c1-3-5-14(17-10-4-2)9-7-12-6-8-13(16)11-15(12)18(19)20/h6,8,11,14,17H,3-5,7,9-10H2,1-2H3. The first-order valence-corrected chi connectivity index (χ1v) is 7.62. The van der Waals surface area contributed by atoms with E-state index < -0.39 is 0 Å². The molecule has 4 nitrogen and oxygen atoms in total. The molecule has 0 amide bonds. The van der Waals surface area contributed by atoms with Gasteiger partial charge in [0.05, 0.1) is 4.92 Å². The van der Waals surface area contributed by atoms with Gasteiger partial charge in [-0.15, -0.1) is 0 Å². The van der Waals surface area contributed by atoms with Gasteiger partial charge in [-0.1, -0.05) is 37.9 Å². The lowest BCUT2D eigenvalue weighted by molar-refractivity contribution is -0.385. The van der Waals surface area contributed by atoms with Crippen molar-refractivity contribution < 1.29 is 4.92 Å². The van der Waals surface area contributed by atoms with Crippen LogP contribution in [-0.4, -0.2) is 17.5 Å². The summed E-state index contributed by atoms with van der Waals surface area (Å²) in [5, 5.41) is 15.0. The number of hydrogen-bond acceptors (Lipinski definition) is 3. The van der Waals surface area contributed by atoms with E-state index in [-0.39, 0.29) is 10.6 Å². The molecule has 0 heterocycles. The van der Waals surface area contributed by atoms with Gasteiger partial charge in [0, 0.05) is 22.7 Å². The largest absolute Gasteiger partial charge is 0.314 e. The summed E-state index contributed by atoms with van der Waals surface area (Å²) in [4.78, 5) is 10.7. The minimum atomic E-state index is -0.352. The normalized spacial score (nSPS) is 12.3. The minimum absolute atomic E-state index is 0.128. The summed E-state index contributed by atoms with van der Waals surface area (Å²) in [6, 6.07) is 5.35. The molecule has 1 unspecified atom stereocenters. The van der Waals surface area contributed by atoms with E-state index in [0.717, 1.165) is 37.8 Å². The summed E-state index contributed by atoms with van der Waals surface area (Å²) >= 11 is 5.83. The van der Waals surface area contributed by atoms with Crippen molar-refractivity contribution in [3.8, 4) is 0 Å². The summed E-state index contributed by atoms with van der Waals surface area (Å²) in [7, 11) is 0. The van der Waals surface area contributed by atoms with Crippen LogP contribution >= 0.6 is 11.6 Å². The van der Waals surface area contributed by atoms with E-state index in [1.54, 1.807) is 12.1 Å². The first kappa shape index (κ1) is 16.9. The maximum absolute atomic E-state index is 11.0. The topological polar surface area (TPSA) is 55.2 Å². The lowest BCUT2D eigenvalue weighted by atomic mass is 10.0. The molecule has 112 valence electrons. The van der Waals surface area contributed by atoms with Gasteiger partial charge in [-0.2, -0.15) is 0 Å². The fourth-order valence-electron chi connectivity index (χ4n) is 2.29. The quantitative estimate of drug-likeness (QED) is 0.545. The molecule has 1 aromatic carbocycles. The molecule has 5 heteroatoms. The Kier molecular flexibility index (Phi) is 7.55. The number of nitro benzene ring substituents is 1. The first-order valence-electron chi connectivity index (χ1n) is 7.24. The van der Waals surface area contributed by atoms with E-state index >= 15 is 0 Å². The van der Waals surface area contributed by atoms with Crippen molar-refractivity contribution in [2.45, 2.75) is 52.0 Å². The third-order valence-corrected chi connectivity index (χ3v) is 3.56. The van der Waals surface area contributed by atoms with Crippen LogP contribution in [0.5, 0.6) is 0 Å². The van der Waals surface area contributed by atoms with E-state index in [4.69, 9.17) is 11.6 Å². The fraction of sp³-hybridized carbons (Fsp3) is 0.600. The maximum atomic E-state index is 11.0. The Morgan fingerprint density at radius 2 is 2.05 bits per heavy atom. The first-order chi connectivity index (χ1) is 9.58. The molecule has 0 aliphatic heterocycles. The molecule has 1 N–H and O–H groups in total. The fourth-order valence-corrected chi connectivity index (χ4v) is 2.46. The van der Waals surface area contributed by atoms with Crippen LogP contribution < -0.4 is 5.32 Å². The van der Waals surface area contributed by atoms with E-state index in [1.165, 1.54) is 6.07 Å². The highest BCUT2D eigenvalue weighted by molar-refractivity contribution is 6.30. The van der Waals surface area contributed by atoms with Crippen LogP contribution in [0.3, 0.4) is 0 Å². The monoisotopic (exact) mass is 298 g/mol. The zero-order chi connectivity index (χ0) is 15.0. The molecule has 1 atom stereocenters. The Bertz CT molecular complexity index is 438. The second-order valence-electron chi connectivity index (χ2n) is 5.01. The maximum Gasteiger partial charge on any atom is 0.274 e. The summed E-state index contributed by atoms with van der Waals surface area (Å²) in [6.45, 7) is 5.29. The van der Waals surface area contributed by atoms with Crippen LogP contribution in [-0.2, 0) is 6.42 Å². The second-order valence-corrected chi connectivity index (χ2v) is 5.44. The molecule has 0 aliphatic carbocycles. The van der Waals surface area contributed by atoms with Gasteiger partial charge in [0.25, 0.3) is 5.69 Å². The third kappa shape index (κ3) is 5.47. The molecule has 1 aromatic rings. The predicted molar refractivity (Wildman–Crippen MR) is 83.4 cm³/mol. The molecular weight excluding hydrogens is 276 g/mol. The number of benzene rings is 1.